The third-order valence-corrected chi connectivity index (χ3v) is 4.76. The van der Waals surface area contributed by atoms with E-state index in [4.69, 9.17) is 13.9 Å². The van der Waals surface area contributed by atoms with Gasteiger partial charge in [-0.25, -0.2) is 0 Å². The van der Waals surface area contributed by atoms with Crippen molar-refractivity contribution in [3.8, 4) is 22.8 Å². The summed E-state index contributed by atoms with van der Waals surface area (Å²) in [5, 5.41) is 13.1. The van der Waals surface area contributed by atoms with Crippen molar-refractivity contribution in [3.63, 3.8) is 0 Å². The molecule has 7 nitrogen and oxygen atoms in total. The molecule has 1 unspecified atom stereocenters. The molecule has 3 aromatic rings. The number of aromatic hydroxyl groups is 1. The molecule has 4 rings (SSSR count). The third-order valence-electron chi connectivity index (χ3n) is 4.76. The maximum Gasteiger partial charge on any atom is 0.258 e. The normalized spacial score (nSPS) is 16.1. The van der Waals surface area contributed by atoms with Gasteiger partial charge in [-0.2, -0.15) is 0 Å². The number of ether oxygens (including phenoxy) is 2. The molecule has 29 heavy (non-hydrogen) atoms. The van der Waals surface area contributed by atoms with Crippen molar-refractivity contribution in [2.45, 2.75) is 18.9 Å². The van der Waals surface area contributed by atoms with E-state index in [-0.39, 0.29) is 46.5 Å². The standard InChI is InChI=1S/C22H21NO6/c24-17-9-16(28-13-21(26)23-12-15-7-4-8-27-15)10-20-22(17)18(25)11-19(29-20)14-5-2-1-3-6-14/h1-3,5-6,9-11,15,24H,4,7-8,12-13H2,(H,23,26). The van der Waals surface area contributed by atoms with Gasteiger partial charge in [-0.1, -0.05) is 30.3 Å². The van der Waals surface area contributed by atoms with E-state index < -0.39 is 0 Å². The number of carbonyl (C=O) groups excluding carboxylic acids is 1. The molecule has 150 valence electrons. The first kappa shape index (κ1) is 19.0. The van der Waals surface area contributed by atoms with Crippen molar-refractivity contribution < 1.29 is 23.8 Å². The summed E-state index contributed by atoms with van der Waals surface area (Å²) in [5.41, 5.74) is 0.570. The zero-order chi connectivity index (χ0) is 20.2. The molecule has 0 bridgehead atoms. The highest BCUT2D eigenvalue weighted by Gasteiger charge is 2.17. The average Bonchev–Trinajstić information content (AvgIpc) is 3.24. The number of carbonyl (C=O) groups is 1. The van der Waals surface area contributed by atoms with Crippen LogP contribution in [0.2, 0.25) is 0 Å². The molecular formula is C22H21NO6. The molecule has 2 heterocycles. The molecule has 0 radical (unpaired) electrons. The predicted octanol–water partition coefficient (Wildman–Crippen LogP) is 2.84. The third kappa shape index (κ3) is 4.41. The number of phenols is 1. The Kier molecular flexibility index (Phi) is 5.48. The molecule has 1 aliphatic heterocycles. The molecule has 0 aliphatic carbocycles. The second kappa shape index (κ2) is 8.36. The number of rotatable bonds is 6. The molecule has 1 amide bonds. The van der Waals surface area contributed by atoms with E-state index in [0.29, 0.717) is 12.3 Å². The van der Waals surface area contributed by atoms with Gasteiger partial charge >= 0.3 is 0 Å². The number of phenolic OH excluding ortho intramolecular Hbond substituents is 1. The van der Waals surface area contributed by atoms with Crippen LogP contribution in [0, 0.1) is 0 Å². The fourth-order valence-electron chi connectivity index (χ4n) is 3.30. The van der Waals surface area contributed by atoms with Gasteiger partial charge in [-0.15, -0.1) is 0 Å². The number of benzene rings is 2. The molecule has 0 saturated carbocycles. The van der Waals surface area contributed by atoms with E-state index >= 15 is 0 Å². The largest absolute Gasteiger partial charge is 0.507 e. The summed E-state index contributed by atoms with van der Waals surface area (Å²) >= 11 is 0. The molecule has 2 N–H and O–H groups in total. The SMILES string of the molecule is O=C(COc1cc(O)c2c(=O)cc(-c3ccccc3)oc2c1)NCC1CCCO1. The van der Waals surface area contributed by atoms with E-state index in [0.717, 1.165) is 25.0 Å². The minimum Gasteiger partial charge on any atom is -0.507 e. The number of fused-ring (bicyclic) bond motifs is 1. The van der Waals surface area contributed by atoms with E-state index in [1.165, 1.54) is 18.2 Å². The second-order valence-corrected chi connectivity index (χ2v) is 6.88. The Labute approximate surface area is 166 Å². The van der Waals surface area contributed by atoms with Gasteiger partial charge in [0.25, 0.3) is 5.91 Å². The van der Waals surface area contributed by atoms with Crippen LogP contribution in [0.25, 0.3) is 22.3 Å². The van der Waals surface area contributed by atoms with Gasteiger partial charge in [0.15, 0.2) is 12.0 Å². The minimum atomic E-state index is -0.358. The zero-order valence-electron chi connectivity index (χ0n) is 15.7. The molecule has 1 saturated heterocycles. The summed E-state index contributed by atoms with van der Waals surface area (Å²) in [6, 6.07) is 13.3. The average molecular weight is 395 g/mol. The first-order valence-corrected chi connectivity index (χ1v) is 9.47. The van der Waals surface area contributed by atoms with Crippen molar-refractivity contribution >= 4 is 16.9 Å². The maximum atomic E-state index is 12.4. The molecule has 1 atom stereocenters. The summed E-state index contributed by atoms with van der Waals surface area (Å²) in [6.45, 7) is 0.949. The van der Waals surface area contributed by atoms with Crippen LogP contribution in [0.15, 0.2) is 57.7 Å². The second-order valence-electron chi connectivity index (χ2n) is 6.88. The Morgan fingerprint density at radius 3 is 2.79 bits per heavy atom. The quantitative estimate of drug-likeness (QED) is 0.666. The highest BCUT2D eigenvalue weighted by atomic mass is 16.5. The Bertz CT molecular complexity index is 1070. The van der Waals surface area contributed by atoms with Gasteiger partial charge in [0.1, 0.15) is 28.2 Å². The van der Waals surface area contributed by atoms with E-state index in [9.17, 15) is 14.7 Å². The molecule has 1 aromatic heterocycles. The summed E-state index contributed by atoms with van der Waals surface area (Å²) in [6.07, 6.45) is 1.99. The van der Waals surface area contributed by atoms with Crippen LogP contribution in [-0.4, -0.2) is 36.9 Å². The Morgan fingerprint density at radius 2 is 2.03 bits per heavy atom. The van der Waals surface area contributed by atoms with Crippen molar-refractivity contribution in [2.75, 3.05) is 19.8 Å². The van der Waals surface area contributed by atoms with Crippen molar-refractivity contribution in [1.82, 2.24) is 5.32 Å². The van der Waals surface area contributed by atoms with Crippen LogP contribution < -0.4 is 15.5 Å². The van der Waals surface area contributed by atoms with E-state index in [1.54, 1.807) is 0 Å². The number of nitrogens with one attached hydrogen (secondary N) is 1. The van der Waals surface area contributed by atoms with Crippen LogP contribution in [-0.2, 0) is 9.53 Å². The molecular weight excluding hydrogens is 374 g/mol. The number of hydrogen-bond acceptors (Lipinski definition) is 6. The molecule has 1 fully saturated rings. The molecule has 1 aliphatic rings. The van der Waals surface area contributed by atoms with Gasteiger partial charge in [-0.05, 0) is 12.8 Å². The lowest BCUT2D eigenvalue weighted by Gasteiger charge is -2.12. The fraction of sp³-hybridized carbons (Fsp3) is 0.273. The van der Waals surface area contributed by atoms with Crippen LogP contribution >= 0.6 is 0 Å². The van der Waals surface area contributed by atoms with Gasteiger partial charge in [0, 0.05) is 36.9 Å². The molecule has 7 heteroatoms. The molecule has 0 spiro atoms. The predicted molar refractivity (Wildman–Crippen MR) is 107 cm³/mol. The van der Waals surface area contributed by atoms with E-state index in [1.807, 2.05) is 30.3 Å². The van der Waals surface area contributed by atoms with Crippen LogP contribution in [0.4, 0.5) is 0 Å². The van der Waals surface area contributed by atoms with Crippen molar-refractivity contribution in [2.24, 2.45) is 0 Å². The van der Waals surface area contributed by atoms with Crippen molar-refractivity contribution in [3.05, 3.63) is 58.8 Å². The maximum absolute atomic E-state index is 12.4. The first-order valence-electron chi connectivity index (χ1n) is 9.47. The Balaban J connectivity index is 1.51. The van der Waals surface area contributed by atoms with Gasteiger partial charge in [-0.3, -0.25) is 9.59 Å². The topological polar surface area (TPSA) is 98.0 Å². The van der Waals surface area contributed by atoms with Crippen LogP contribution in [0.3, 0.4) is 0 Å². The van der Waals surface area contributed by atoms with Gasteiger partial charge in [0.05, 0.1) is 6.10 Å². The van der Waals surface area contributed by atoms with Gasteiger partial charge in [0.2, 0.25) is 0 Å². The highest BCUT2D eigenvalue weighted by molar-refractivity contribution is 5.86. The smallest absolute Gasteiger partial charge is 0.258 e. The van der Waals surface area contributed by atoms with Crippen LogP contribution in [0.5, 0.6) is 11.5 Å². The Morgan fingerprint density at radius 1 is 1.21 bits per heavy atom. The summed E-state index contributed by atoms with van der Waals surface area (Å²) in [5.74, 6) is 0.0646. The van der Waals surface area contributed by atoms with Crippen LogP contribution in [0.1, 0.15) is 12.8 Å². The lowest BCUT2D eigenvalue weighted by molar-refractivity contribution is -0.123. The van der Waals surface area contributed by atoms with E-state index in [2.05, 4.69) is 5.32 Å². The monoisotopic (exact) mass is 395 g/mol. The highest BCUT2D eigenvalue weighted by Crippen LogP contribution is 2.31. The number of hydrogen-bond donors (Lipinski definition) is 2. The summed E-state index contributed by atoms with van der Waals surface area (Å²) in [4.78, 5) is 24.4. The lowest BCUT2D eigenvalue weighted by Crippen LogP contribution is -2.35. The van der Waals surface area contributed by atoms with Crippen molar-refractivity contribution in [1.29, 1.82) is 0 Å². The fourth-order valence-corrected chi connectivity index (χ4v) is 3.30. The summed E-state index contributed by atoms with van der Waals surface area (Å²) in [7, 11) is 0. The van der Waals surface area contributed by atoms with Gasteiger partial charge < -0.3 is 24.3 Å². The minimum absolute atomic E-state index is 0.0503. The Hall–Kier alpha value is -3.32. The number of amides is 1. The summed E-state index contributed by atoms with van der Waals surface area (Å²) < 4.78 is 16.8. The lowest BCUT2D eigenvalue weighted by atomic mass is 10.1. The molecule has 2 aromatic carbocycles. The zero-order valence-corrected chi connectivity index (χ0v) is 15.7. The first-order chi connectivity index (χ1) is 14.1.